The number of nitrogens with one attached hydrogen (secondary N) is 1. The van der Waals surface area contributed by atoms with E-state index in [0.29, 0.717) is 37.4 Å². The molecule has 0 saturated carbocycles. The Balaban J connectivity index is 1.63. The first kappa shape index (κ1) is 22.8. The van der Waals surface area contributed by atoms with Crippen LogP contribution in [-0.2, 0) is 4.79 Å². The average molecular weight is 436 g/mol. The minimum atomic E-state index is -4.16. The van der Waals surface area contributed by atoms with Crippen LogP contribution in [0.1, 0.15) is 24.8 Å². The average Bonchev–Trinajstić information content (AvgIpc) is 2.72. The molecule has 0 atom stereocenters. The quantitative estimate of drug-likeness (QED) is 0.476. The third-order valence-corrected chi connectivity index (χ3v) is 5.48. The van der Waals surface area contributed by atoms with E-state index < -0.39 is 12.6 Å². The summed E-state index contributed by atoms with van der Waals surface area (Å²) in [5, 5.41) is 6.03. The summed E-state index contributed by atoms with van der Waals surface area (Å²) in [5.41, 5.74) is 7.15. The summed E-state index contributed by atoms with van der Waals surface area (Å²) in [5.74, 6) is 5.82. The van der Waals surface area contributed by atoms with E-state index >= 15 is 0 Å². The zero-order chi connectivity index (χ0) is 22.6. The topological polar surface area (TPSA) is 101 Å². The smallest absolute Gasteiger partial charge is 0.390 e. The Hall–Kier alpha value is -2.85. The van der Waals surface area contributed by atoms with Gasteiger partial charge in [-0.2, -0.15) is 13.2 Å². The molecule has 31 heavy (non-hydrogen) atoms. The second-order valence-electron chi connectivity index (χ2n) is 7.76. The van der Waals surface area contributed by atoms with Crippen LogP contribution in [0.5, 0.6) is 0 Å². The van der Waals surface area contributed by atoms with E-state index in [2.05, 4.69) is 10.3 Å². The lowest BCUT2D eigenvalue weighted by molar-refractivity contribution is -0.139. The summed E-state index contributed by atoms with van der Waals surface area (Å²) >= 11 is 0. The molecular formula is C21H27F3N6O. The third-order valence-electron chi connectivity index (χ3n) is 5.48. The number of halogens is 3. The van der Waals surface area contributed by atoms with Crippen molar-refractivity contribution in [2.24, 2.45) is 17.5 Å². The third kappa shape index (κ3) is 6.08. The molecule has 0 aliphatic carbocycles. The van der Waals surface area contributed by atoms with Gasteiger partial charge in [-0.25, -0.2) is 10.8 Å². The summed E-state index contributed by atoms with van der Waals surface area (Å²) in [4.78, 5) is 18.7. The fraction of sp³-hybridized carbons (Fsp3) is 0.429. The van der Waals surface area contributed by atoms with E-state index in [9.17, 15) is 18.0 Å². The molecule has 0 spiro atoms. The van der Waals surface area contributed by atoms with Crippen LogP contribution < -0.4 is 16.9 Å². The Bertz CT molecular complexity index is 952. The molecule has 1 fully saturated rings. The summed E-state index contributed by atoms with van der Waals surface area (Å²) in [7, 11) is 1.69. The largest absolute Gasteiger partial charge is 0.403 e. The lowest BCUT2D eigenvalue weighted by atomic mass is 9.95. The fourth-order valence-electron chi connectivity index (χ4n) is 3.72. The Labute approximate surface area is 178 Å². The molecule has 0 radical (unpaired) electrons. The number of aromatic nitrogens is 1. The number of amides is 1. The Morgan fingerprint density at radius 2 is 2.00 bits per heavy atom. The normalized spacial score (nSPS) is 16.5. The molecule has 1 aliphatic heterocycles. The molecule has 1 aromatic carbocycles. The van der Waals surface area contributed by atoms with Gasteiger partial charge in [0.05, 0.1) is 12.1 Å². The number of nitrogens with zero attached hydrogens (tertiary/aromatic N) is 3. The van der Waals surface area contributed by atoms with Gasteiger partial charge in [-0.1, -0.05) is 12.1 Å². The number of rotatable bonds is 6. The number of hydrogen-bond donors (Lipinski definition) is 3. The minimum Gasteiger partial charge on any atom is -0.403 e. The SMILES string of the molecule is CN(N)/C(=C\N)c1ccc2cnc(NC(=O)C3CCN(CCC(F)(F)F)CC3)cc2c1. The maximum absolute atomic E-state index is 12.6. The number of carbonyl (C=O) groups excluding carboxylic acids is 1. The van der Waals surface area contributed by atoms with Gasteiger partial charge >= 0.3 is 6.18 Å². The summed E-state index contributed by atoms with van der Waals surface area (Å²) in [6, 6.07) is 7.47. The molecule has 7 nitrogen and oxygen atoms in total. The molecule has 1 saturated heterocycles. The van der Waals surface area contributed by atoms with Crippen LogP contribution in [0.25, 0.3) is 16.5 Å². The molecule has 168 valence electrons. The highest BCUT2D eigenvalue weighted by Gasteiger charge is 2.30. The lowest BCUT2D eigenvalue weighted by Gasteiger charge is -2.31. The van der Waals surface area contributed by atoms with Gasteiger partial charge < -0.3 is 21.0 Å². The van der Waals surface area contributed by atoms with E-state index in [1.54, 1.807) is 24.2 Å². The molecule has 2 heterocycles. The van der Waals surface area contributed by atoms with E-state index in [1.807, 2.05) is 18.2 Å². The van der Waals surface area contributed by atoms with Gasteiger partial charge in [-0.15, -0.1) is 0 Å². The first-order chi connectivity index (χ1) is 14.7. The summed E-state index contributed by atoms with van der Waals surface area (Å²) in [6.07, 6.45) is -0.841. The monoisotopic (exact) mass is 436 g/mol. The van der Waals surface area contributed by atoms with Gasteiger partial charge in [0, 0.05) is 42.9 Å². The van der Waals surface area contributed by atoms with Gasteiger partial charge in [-0.3, -0.25) is 4.79 Å². The highest BCUT2D eigenvalue weighted by atomic mass is 19.4. The van der Waals surface area contributed by atoms with Crippen molar-refractivity contribution in [2.75, 3.05) is 32.0 Å². The van der Waals surface area contributed by atoms with Crippen molar-refractivity contribution in [3.8, 4) is 0 Å². The zero-order valence-electron chi connectivity index (χ0n) is 17.3. The highest BCUT2D eigenvalue weighted by Crippen LogP contribution is 2.25. The molecule has 5 N–H and O–H groups in total. The van der Waals surface area contributed by atoms with E-state index in [-0.39, 0.29) is 18.4 Å². The van der Waals surface area contributed by atoms with E-state index in [4.69, 9.17) is 11.6 Å². The fourth-order valence-corrected chi connectivity index (χ4v) is 3.72. The zero-order valence-corrected chi connectivity index (χ0v) is 17.3. The number of hydrazine groups is 1. The Kier molecular flexibility index (Phi) is 7.01. The number of carbonyl (C=O) groups is 1. The molecule has 10 heteroatoms. The number of fused-ring (bicyclic) bond motifs is 1. The molecule has 3 rings (SSSR count). The number of piperidine rings is 1. The number of anilines is 1. The van der Waals surface area contributed by atoms with Crippen LogP contribution in [0, 0.1) is 5.92 Å². The molecule has 1 aromatic heterocycles. The van der Waals surface area contributed by atoms with Gasteiger partial charge in [0.15, 0.2) is 0 Å². The highest BCUT2D eigenvalue weighted by molar-refractivity contribution is 5.94. The van der Waals surface area contributed by atoms with Crippen molar-refractivity contribution in [1.82, 2.24) is 14.9 Å². The van der Waals surface area contributed by atoms with Gasteiger partial charge in [-0.05, 0) is 43.5 Å². The van der Waals surface area contributed by atoms with Crippen molar-refractivity contribution in [1.29, 1.82) is 0 Å². The van der Waals surface area contributed by atoms with Crippen molar-refractivity contribution < 1.29 is 18.0 Å². The number of nitrogens with two attached hydrogens (primary N) is 2. The van der Waals surface area contributed by atoms with Crippen LogP contribution in [-0.4, -0.2) is 53.7 Å². The maximum Gasteiger partial charge on any atom is 0.390 e. The molecule has 1 aliphatic rings. The number of likely N-dealkylation sites (tertiary alicyclic amines) is 1. The van der Waals surface area contributed by atoms with Crippen molar-refractivity contribution >= 4 is 28.2 Å². The van der Waals surface area contributed by atoms with E-state index in [1.165, 1.54) is 11.2 Å². The second kappa shape index (κ2) is 9.52. The number of benzene rings is 1. The predicted octanol–water partition coefficient (Wildman–Crippen LogP) is 2.90. The predicted molar refractivity (Wildman–Crippen MR) is 114 cm³/mol. The summed E-state index contributed by atoms with van der Waals surface area (Å²) < 4.78 is 37.1. The second-order valence-corrected chi connectivity index (χ2v) is 7.76. The Morgan fingerprint density at radius 3 is 2.61 bits per heavy atom. The number of pyridine rings is 1. The first-order valence-corrected chi connectivity index (χ1v) is 10.1. The summed E-state index contributed by atoms with van der Waals surface area (Å²) in [6.45, 7) is 0.927. The molecule has 0 unspecified atom stereocenters. The van der Waals surface area contributed by atoms with Gasteiger partial charge in [0.25, 0.3) is 0 Å². The van der Waals surface area contributed by atoms with E-state index in [0.717, 1.165) is 16.3 Å². The maximum atomic E-state index is 12.6. The van der Waals surface area contributed by atoms with Crippen molar-refractivity contribution in [3.05, 3.63) is 42.2 Å². The van der Waals surface area contributed by atoms with Crippen molar-refractivity contribution in [2.45, 2.75) is 25.4 Å². The minimum absolute atomic E-state index is 0.0242. The van der Waals surface area contributed by atoms with Gasteiger partial charge in [0.2, 0.25) is 5.91 Å². The van der Waals surface area contributed by atoms with Crippen LogP contribution in [0.3, 0.4) is 0 Å². The molecule has 0 bridgehead atoms. The molecule has 1 amide bonds. The lowest BCUT2D eigenvalue weighted by Crippen LogP contribution is -2.39. The van der Waals surface area contributed by atoms with Gasteiger partial charge in [0.1, 0.15) is 5.82 Å². The van der Waals surface area contributed by atoms with Crippen LogP contribution in [0.15, 0.2) is 36.7 Å². The van der Waals surface area contributed by atoms with Crippen molar-refractivity contribution in [3.63, 3.8) is 0 Å². The Morgan fingerprint density at radius 1 is 1.29 bits per heavy atom. The molecular weight excluding hydrogens is 409 g/mol. The van der Waals surface area contributed by atoms with Crippen LogP contribution >= 0.6 is 0 Å². The van der Waals surface area contributed by atoms with Crippen LogP contribution in [0.2, 0.25) is 0 Å². The molecule has 2 aromatic rings. The number of alkyl halides is 3. The standard InChI is InChI=1S/C21H27F3N6O/c1-29(26)18(12-25)15-2-3-16-13-27-19(11-17(16)10-15)28-20(31)14-4-7-30(8-5-14)9-6-21(22,23)24/h2-3,10-14H,4-9,25-26H2,1H3,(H,27,28,31)/b18-12-. The number of hydrogen-bond acceptors (Lipinski definition) is 6. The van der Waals surface area contributed by atoms with Crippen LogP contribution in [0.4, 0.5) is 19.0 Å². The first-order valence-electron chi connectivity index (χ1n) is 10.1.